The summed E-state index contributed by atoms with van der Waals surface area (Å²) in [6.07, 6.45) is 1.47. The van der Waals surface area contributed by atoms with Crippen LogP contribution in [0.4, 0.5) is 10.1 Å². The second-order valence-corrected chi connectivity index (χ2v) is 12.0. The lowest BCUT2D eigenvalue weighted by Crippen LogP contribution is -2.24. The van der Waals surface area contributed by atoms with Crippen LogP contribution < -0.4 is 25.0 Å². The molecule has 0 unspecified atom stereocenters. The molecule has 0 aromatic heterocycles. The van der Waals surface area contributed by atoms with Gasteiger partial charge >= 0.3 is 0 Å². The number of benzene rings is 3. The Bertz CT molecular complexity index is 1320. The summed E-state index contributed by atoms with van der Waals surface area (Å²) in [6, 6.07) is 16.7. The number of nitrogens with zero attached hydrogens (tertiary/aromatic N) is 1. The summed E-state index contributed by atoms with van der Waals surface area (Å²) in [4.78, 5) is 24.4. The number of halogens is 2. The lowest BCUT2D eigenvalue weighted by Gasteiger charge is -2.13. The predicted molar refractivity (Wildman–Crippen MR) is 162 cm³/mol. The molecule has 0 radical (unpaired) electrons. The topological polar surface area (TPSA) is 98.2 Å². The maximum atomic E-state index is 13.0. The quantitative estimate of drug-likeness (QED) is 0.158. The van der Waals surface area contributed by atoms with Crippen LogP contribution in [0.3, 0.4) is 0 Å². The zero-order chi connectivity index (χ0) is 27.6. The van der Waals surface area contributed by atoms with Gasteiger partial charge in [0.15, 0.2) is 24.7 Å². The molecule has 39 heavy (non-hydrogen) atoms. The van der Waals surface area contributed by atoms with Gasteiger partial charge in [-0.15, -0.1) is 23.5 Å². The minimum absolute atomic E-state index is 0.169. The van der Waals surface area contributed by atoms with Crippen LogP contribution in [0.2, 0.25) is 0 Å². The molecular formula is C27H25FIN3O5S2. The third-order valence-corrected chi connectivity index (χ3v) is 9.18. The van der Waals surface area contributed by atoms with Crippen molar-refractivity contribution in [1.82, 2.24) is 5.43 Å². The third-order valence-electron chi connectivity index (χ3n) is 5.27. The molecular weight excluding hydrogens is 656 g/mol. The third kappa shape index (κ3) is 8.77. The Labute approximate surface area is 247 Å². The van der Waals surface area contributed by atoms with Gasteiger partial charge in [-0.1, -0.05) is 12.1 Å². The van der Waals surface area contributed by atoms with Crippen LogP contribution in [0.1, 0.15) is 15.7 Å². The number of hydrogen-bond donors (Lipinski definition) is 2. The lowest BCUT2D eigenvalue weighted by atomic mass is 10.2. The first-order chi connectivity index (χ1) is 18.9. The Balaban J connectivity index is 1.25. The van der Waals surface area contributed by atoms with Crippen LogP contribution in [0.15, 0.2) is 65.8 Å². The van der Waals surface area contributed by atoms with Gasteiger partial charge in [0.2, 0.25) is 0 Å². The smallest absolute Gasteiger partial charge is 0.277 e. The molecule has 1 saturated heterocycles. The van der Waals surface area contributed by atoms with Gasteiger partial charge in [-0.2, -0.15) is 5.10 Å². The molecule has 1 aliphatic heterocycles. The Kier molecular flexibility index (Phi) is 10.7. The van der Waals surface area contributed by atoms with Crippen molar-refractivity contribution in [2.24, 2.45) is 5.10 Å². The van der Waals surface area contributed by atoms with Crippen molar-refractivity contribution in [2.75, 3.05) is 37.1 Å². The molecule has 1 heterocycles. The van der Waals surface area contributed by atoms with Crippen LogP contribution in [0, 0.1) is 9.39 Å². The molecule has 0 spiro atoms. The van der Waals surface area contributed by atoms with E-state index in [1.807, 2.05) is 47.8 Å². The molecule has 3 aromatic carbocycles. The van der Waals surface area contributed by atoms with E-state index in [9.17, 15) is 14.0 Å². The Morgan fingerprint density at radius 1 is 1.03 bits per heavy atom. The first kappa shape index (κ1) is 29.0. The average Bonchev–Trinajstić information content (AvgIpc) is 3.48. The number of amides is 2. The van der Waals surface area contributed by atoms with Crippen molar-refractivity contribution in [3.05, 3.63) is 81.2 Å². The summed E-state index contributed by atoms with van der Waals surface area (Å²) < 4.78 is 30.8. The van der Waals surface area contributed by atoms with Crippen molar-refractivity contribution in [3.8, 4) is 17.2 Å². The molecule has 8 nitrogen and oxygen atoms in total. The molecule has 1 fully saturated rings. The molecule has 4 rings (SSSR count). The van der Waals surface area contributed by atoms with E-state index in [4.69, 9.17) is 14.2 Å². The van der Waals surface area contributed by atoms with E-state index in [-0.39, 0.29) is 13.2 Å². The van der Waals surface area contributed by atoms with Crippen molar-refractivity contribution < 1.29 is 28.2 Å². The minimum Gasteiger partial charge on any atom is -0.493 e. The largest absolute Gasteiger partial charge is 0.493 e. The Morgan fingerprint density at radius 3 is 2.41 bits per heavy atom. The highest BCUT2D eigenvalue weighted by molar-refractivity contribution is 14.1. The fourth-order valence-corrected chi connectivity index (χ4v) is 7.09. The van der Waals surface area contributed by atoms with Crippen LogP contribution in [0.25, 0.3) is 0 Å². The van der Waals surface area contributed by atoms with Crippen LogP contribution >= 0.6 is 46.1 Å². The summed E-state index contributed by atoms with van der Waals surface area (Å²) in [6.45, 7) is -0.439. The van der Waals surface area contributed by atoms with E-state index in [2.05, 4.69) is 38.4 Å². The number of carbonyl (C=O) groups excluding carboxylic acids is 2. The van der Waals surface area contributed by atoms with Gasteiger partial charge in [0.1, 0.15) is 11.6 Å². The average molecular weight is 682 g/mol. The zero-order valence-corrected chi connectivity index (χ0v) is 24.6. The lowest BCUT2D eigenvalue weighted by molar-refractivity contribution is -0.123. The summed E-state index contributed by atoms with van der Waals surface area (Å²) >= 11 is 5.93. The van der Waals surface area contributed by atoms with Gasteiger partial charge < -0.3 is 19.5 Å². The van der Waals surface area contributed by atoms with Crippen molar-refractivity contribution in [1.29, 1.82) is 0 Å². The van der Waals surface area contributed by atoms with E-state index >= 15 is 0 Å². The summed E-state index contributed by atoms with van der Waals surface area (Å²) in [5.74, 6) is 2.53. The normalized spacial score (nSPS) is 13.3. The van der Waals surface area contributed by atoms with Gasteiger partial charge in [0, 0.05) is 17.2 Å². The van der Waals surface area contributed by atoms with E-state index in [1.54, 1.807) is 12.1 Å². The van der Waals surface area contributed by atoms with E-state index in [0.29, 0.717) is 36.7 Å². The summed E-state index contributed by atoms with van der Waals surface area (Å²) in [5, 5.41) is 6.63. The van der Waals surface area contributed by atoms with Crippen LogP contribution in [0.5, 0.6) is 17.2 Å². The van der Waals surface area contributed by atoms with E-state index < -0.39 is 17.6 Å². The zero-order valence-electron chi connectivity index (χ0n) is 20.8. The standard InChI is InChI=1S/C27H25FIN3O5S2/c1-35-23-13-17(12-22(29)26(23)37-15-24(33)31-20-6-4-19(28)5-7-20)14-30-32-25(34)16-36-21-8-2-18(3-9-21)27-38-10-11-39-27/h2-9,12-14,27H,10-11,15-16H2,1H3,(H,31,33)(H,32,34)/b30-14-. The second-order valence-electron chi connectivity index (χ2n) is 8.10. The molecule has 1 aliphatic rings. The second kappa shape index (κ2) is 14.4. The fourth-order valence-electron chi connectivity index (χ4n) is 3.45. The maximum Gasteiger partial charge on any atom is 0.277 e. The van der Waals surface area contributed by atoms with Crippen molar-refractivity contribution in [3.63, 3.8) is 0 Å². The highest BCUT2D eigenvalue weighted by Gasteiger charge is 2.18. The predicted octanol–water partition coefficient (Wildman–Crippen LogP) is 5.46. The number of hydrazone groups is 1. The molecule has 0 aliphatic carbocycles. The number of nitrogens with one attached hydrogen (secondary N) is 2. The van der Waals surface area contributed by atoms with Crippen molar-refractivity contribution >= 4 is 69.8 Å². The first-order valence-corrected chi connectivity index (χ1v) is 14.9. The first-order valence-electron chi connectivity index (χ1n) is 11.7. The van der Waals surface area contributed by atoms with Gasteiger partial charge in [0.05, 0.1) is 21.5 Å². The molecule has 0 atom stereocenters. The highest BCUT2D eigenvalue weighted by Crippen LogP contribution is 2.45. The fraction of sp³-hybridized carbons (Fsp3) is 0.222. The summed E-state index contributed by atoms with van der Waals surface area (Å²) in [7, 11) is 1.48. The van der Waals surface area contributed by atoms with E-state index in [1.165, 1.54) is 43.2 Å². The molecule has 204 valence electrons. The van der Waals surface area contributed by atoms with Crippen molar-refractivity contribution in [2.45, 2.75) is 4.58 Å². The molecule has 12 heteroatoms. The van der Waals surface area contributed by atoms with E-state index in [0.717, 1.165) is 11.5 Å². The maximum absolute atomic E-state index is 13.0. The van der Waals surface area contributed by atoms with Gasteiger partial charge in [-0.25, -0.2) is 9.82 Å². The molecule has 2 N–H and O–H groups in total. The van der Waals surface area contributed by atoms with Crippen LogP contribution in [-0.4, -0.2) is 49.9 Å². The van der Waals surface area contributed by atoms with Crippen LogP contribution in [-0.2, 0) is 9.59 Å². The number of carbonyl (C=O) groups is 2. The SMILES string of the molecule is COc1cc(/C=N\NC(=O)COc2ccc(C3SCCS3)cc2)cc(I)c1OCC(=O)Nc1ccc(F)cc1. The summed E-state index contributed by atoms with van der Waals surface area (Å²) in [5.41, 5.74) is 4.80. The molecule has 3 aromatic rings. The Morgan fingerprint density at radius 2 is 1.72 bits per heavy atom. The number of thioether (sulfide) groups is 2. The molecule has 0 saturated carbocycles. The number of methoxy groups -OCH3 is 1. The minimum atomic E-state index is -0.405. The number of rotatable bonds is 11. The molecule has 2 amide bonds. The Hall–Kier alpha value is -2.97. The van der Waals surface area contributed by atoms with Gasteiger partial charge in [-0.05, 0) is 82.2 Å². The number of anilines is 1. The molecule has 0 bridgehead atoms. The number of ether oxygens (including phenoxy) is 3. The van der Waals surface area contributed by atoms with Gasteiger partial charge in [-0.3, -0.25) is 9.59 Å². The monoisotopic (exact) mass is 681 g/mol. The van der Waals surface area contributed by atoms with Gasteiger partial charge in [0.25, 0.3) is 11.8 Å². The number of hydrogen-bond acceptors (Lipinski definition) is 8. The highest BCUT2D eigenvalue weighted by atomic mass is 127.